The minimum absolute atomic E-state index is 0.000962. The molecule has 27 heavy (non-hydrogen) atoms. The van der Waals surface area contributed by atoms with Crippen LogP contribution in [0.3, 0.4) is 0 Å². The summed E-state index contributed by atoms with van der Waals surface area (Å²) in [5.74, 6) is 2.31. The Morgan fingerprint density at radius 2 is 2.19 bits per heavy atom. The number of rotatable bonds is 4. The fourth-order valence-corrected chi connectivity index (χ4v) is 6.05. The monoisotopic (exact) mass is 386 g/mol. The number of hydrogen-bond acceptors (Lipinski definition) is 2. The van der Waals surface area contributed by atoms with E-state index >= 15 is 0 Å². The zero-order chi connectivity index (χ0) is 18.5. The zero-order valence-electron chi connectivity index (χ0n) is 15.8. The van der Waals surface area contributed by atoms with Gasteiger partial charge in [0.1, 0.15) is 0 Å². The van der Waals surface area contributed by atoms with Crippen LogP contribution in [0.1, 0.15) is 55.4 Å². The van der Waals surface area contributed by atoms with E-state index in [1.807, 2.05) is 18.3 Å². The van der Waals surface area contributed by atoms with Gasteiger partial charge in [0.2, 0.25) is 0 Å². The minimum Gasteiger partial charge on any atom is -0.379 e. The van der Waals surface area contributed by atoms with Gasteiger partial charge in [0.15, 0.2) is 0 Å². The maximum absolute atomic E-state index is 13.2. The predicted octanol–water partition coefficient (Wildman–Crippen LogP) is 4.81. The van der Waals surface area contributed by atoms with Gasteiger partial charge in [-0.15, -0.1) is 0 Å². The Bertz CT molecular complexity index is 871. The molecule has 4 nitrogen and oxygen atoms in total. The number of hydrogen-bond donors (Lipinski definition) is 1. The predicted molar refractivity (Wildman–Crippen MR) is 107 cm³/mol. The molecular weight excluding hydrogens is 360 g/mol. The number of nitrogens with one attached hydrogen (secondary N) is 1. The van der Waals surface area contributed by atoms with E-state index in [0.29, 0.717) is 23.1 Å². The summed E-state index contributed by atoms with van der Waals surface area (Å²) in [5.41, 5.74) is 1.72. The van der Waals surface area contributed by atoms with Crippen LogP contribution in [0.25, 0.3) is 10.9 Å². The van der Waals surface area contributed by atoms with Crippen molar-refractivity contribution >= 4 is 28.4 Å². The van der Waals surface area contributed by atoms with E-state index in [0.717, 1.165) is 35.8 Å². The second-order valence-electron chi connectivity index (χ2n) is 8.70. The van der Waals surface area contributed by atoms with Gasteiger partial charge >= 0.3 is 0 Å². The molecule has 0 radical (unpaired) electrons. The molecule has 1 saturated heterocycles. The summed E-state index contributed by atoms with van der Waals surface area (Å²) in [6.45, 7) is 3.64. The molecule has 144 valence electrons. The van der Waals surface area contributed by atoms with Crippen molar-refractivity contribution in [3.8, 4) is 0 Å². The summed E-state index contributed by atoms with van der Waals surface area (Å²) < 4.78 is 7.75. The Morgan fingerprint density at radius 1 is 1.30 bits per heavy atom. The zero-order valence-corrected chi connectivity index (χ0v) is 16.5. The van der Waals surface area contributed by atoms with Gasteiger partial charge in [-0.25, -0.2) is 0 Å². The third-order valence-corrected chi connectivity index (χ3v) is 7.46. The maximum atomic E-state index is 13.2. The van der Waals surface area contributed by atoms with Crippen LogP contribution in [-0.4, -0.2) is 29.7 Å². The number of ether oxygens (including phenoxy) is 1. The fraction of sp³-hybridized carbons (Fsp3) is 0.591. The lowest BCUT2D eigenvalue weighted by Crippen LogP contribution is -2.40. The highest BCUT2D eigenvalue weighted by molar-refractivity contribution is 6.36. The molecule has 2 saturated carbocycles. The van der Waals surface area contributed by atoms with Crippen LogP contribution in [0.2, 0.25) is 5.02 Å². The van der Waals surface area contributed by atoms with Gasteiger partial charge in [-0.1, -0.05) is 24.1 Å². The average Bonchev–Trinajstić information content (AvgIpc) is 3.43. The molecule has 1 aromatic heterocycles. The smallest absolute Gasteiger partial charge is 0.253 e. The first-order valence-corrected chi connectivity index (χ1v) is 10.7. The Kier molecular flexibility index (Phi) is 4.44. The fourth-order valence-electron chi connectivity index (χ4n) is 5.78. The van der Waals surface area contributed by atoms with E-state index in [2.05, 4.69) is 22.9 Å². The largest absolute Gasteiger partial charge is 0.379 e. The highest BCUT2D eigenvalue weighted by Gasteiger charge is 2.42. The normalized spacial score (nSPS) is 30.9. The SMILES string of the molecule is CC(NC(=O)c1cn(C2CCOC2)c2cccc(Cl)c12)C1CC2CC[C@@H]1C2. The summed E-state index contributed by atoms with van der Waals surface area (Å²) >= 11 is 6.52. The molecular formula is C22H27ClN2O2. The van der Waals surface area contributed by atoms with E-state index < -0.39 is 0 Å². The van der Waals surface area contributed by atoms with Crippen molar-refractivity contribution < 1.29 is 9.53 Å². The molecule has 1 aromatic carbocycles. The molecule has 2 aromatic rings. The highest BCUT2D eigenvalue weighted by Crippen LogP contribution is 2.49. The van der Waals surface area contributed by atoms with E-state index in [9.17, 15) is 4.79 Å². The van der Waals surface area contributed by atoms with Crippen LogP contribution < -0.4 is 5.32 Å². The average molecular weight is 387 g/mol. The van der Waals surface area contributed by atoms with Crippen LogP contribution in [0.5, 0.6) is 0 Å². The minimum atomic E-state index is 0.000962. The quantitative estimate of drug-likeness (QED) is 0.819. The second-order valence-corrected chi connectivity index (χ2v) is 9.11. The Hall–Kier alpha value is -1.52. The van der Waals surface area contributed by atoms with E-state index in [1.165, 1.54) is 25.7 Å². The summed E-state index contributed by atoms with van der Waals surface area (Å²) in [5, 5.41) is 4.81. The third kappa shape index (κ3) is 2.98. The molecule has 1 N–H and O–H groups in total. The van der Waals surface area contributed by atoms with Crippen LogP contribution in [0.15, 0.2) is 24.4 Å². The number of halogens is 1. The van der Waals surface area contributed by atoms with Crippen LogP contribution >= 0.6 is 11.6 Å². The van der Waals surface area contributed by atoms with Gasteiger partial charge in [-0.05, 0) is 62.5 Å². The molecule has 1 aliphatic heterocycles. The molecule has 5 heteroatoms. The summed E-state index contributed by atoms with van der Waals surface area (Å²) in [6, 6.07) is 6.36. The first-order chi connectivity index (χ1) is 13.1. The molecule has 3 fully saturated rings. The van der Waals surface area contributed by atoms with E-state index in [4.69, 9.17) is 16.3 Å². The van der Waals surface area contributed by atoms with Crippen molar-refractivity contribution in [1.82, 2.24) is 9.88 Å². The maximum Gasteiger partial charge on any atom is 0.253 e. The number of amides is 1. The van der Waals surface area contributed by atoms with Gasteiger partial charge in [-0.3, -0.25) is 4.79 Å². The number of carbonyl (C=O) groups excluding carboxylic acids is 1. The van der Waals surface area contributed by atoms with Gasteiger partial charge < -0.3 is 14.6 Å². The lowest BCUT2D eigenvalue weighted by molar-refractivity contribution is 0.0916. The number of aromatic nitrogens is 1. The van der Waals surface area contributed by atoms with Gasteiger partial charge in [0, 0.05) is 24.2 Å². The molecule has 5 rings (SSSR count). The summed E-state index contributed by atoms with van der Waals surface area (Å²) in [4.78, 5) is 13.2. The topological polar surface area (TPSA) is 43.3 Å². The van der Waals surface area contributed by atoms with Crippen LogP contribution in [-0.2, 0) is 4.74 Å². The first-order valence-electron chi connectivity index (χ1n) is 10.3. The molecule has 1 amide bonds. The Labute approximate surface area is 165 Å². The lowest BCUT2D eigenvalue weighted by atomic mass is 9.84. The molecule has 3 aliphatic rings. The second kappa shape index (κ2) is 6.82. The van der Waals surface area contributed by atoms with Crippen molar-refractivity contribution in [2.75, 3.05) is 13.2 Å². The number of fused-ring (bicyclic) bond motifs is 3. The number of carbonyl (C=O) groups is 1. The number of nitrogens with zero attached hydrogens (tertiary/aromatic N) is 1. The lowest BCUT2D eigenvalue weighted by Gasteiger charge is -2.28. The van der Waals surface area contributed by atoms with Crippen LogP contribution in [0, 0.1) is 17.8 Å². The van der Waals surface area contributed by atoms with Crippen molar-refractivity contribution in [2.45, 2.75) is 51.1 Å². The Balaban J connectivity index is 1.44. The van der Waals surface area contributed by atoms with Gasteiger partial charge in [0.25, 0.3) is 5.91 Å². The molecule has 0 spiro atoms. The standard InChI is InChI=1S/C22H27ClN2O2/c1-13(17-10-14-5-6-15(17)9-14)24-22(26)18-11-25(16-7-8-27-12-16)20-4-2-3-19(23)21(18)20/h2-4,11,13-17H,5-10,12H2,1H3,(H,24,26)/t13?,14?,15-,16?,17?/m1/s1. The third-order valence-electron chi connectivity index (χ3n) is 7.14. The van der Waals surface area contributed by atoms with Crippen molar-refractivity contribution in [2.24, 2.45) is 17.8 Å². The van der Waals surface area contributed by atoms with E-state index in [-0.39, 0.29) is 18.0 Å². The molecule has 2 aliphatic carbocycles. The molecule has 2 heterocycles. The van der Waals surface area contributed by atoms with Crippen LogP contribution in [0.4, 0.5) is 0 Å². The van der Waals surface area contributed by atoms with Gasteiger partial charge in [-0.2, -0.15) is 0 Å². The van der Waals surface area contributed by atoms with Crippen molar-refractivity contribution in [3.63, 3.8) is 0 Å². The van der Waals surface area contributed by atoms with Crippen molar-refractivity contribution in [1.29, 1.82) is 0 Å². The summed E-state index contributed by atoms with van der Waals surface area (Å²) in [7, 11) is 0. The molecule has 5 atom stereocenters. The molecule has 2 bridgehead atoms. The van der Waals surface area contributed by atoms with E-state index in [1.54, 1.807) is 0 Å². The molecule has 4 unspecified atom stereocenters. The summed E-state index contributed by atoms with van der Waals surface area (Å²) in [6.07, 6.45) is 8.31. The highest BCUT2D eigenvalue weighted by atomic mass is 35.5. The number of benzene rings is 1. The first kappa shape index (κ1) is 17.6. The van der Waals surface area contributed by atoms with Crippen molar-refractivity contribution in [3.05, 3.63) is 35.0 Å². The Morgan fingerprint density at radius 3 is 2.89 bits per heavy atom. The van der Waals surface area contributed by atoms with Gasteiger partial charge in [0.05, 0.1) is 28.8 Å².